The first kappa shape index (κ1) is 18.7. The Hall–Kier alpha value is -3.07. The Labute approximate surface area is 156 Å². The van der Waals surface area contributed by atoms with Gasteiger partial charge in [-0.15, -0.1) is 0 Å². The summed E-state index contributed by atoms with van der Waals surface area (Å²) in [6, 6.07) is 6.67. The summed E-state index contributed by atoms with van der Waals surface area (Å²) in [7, 11) is 0.963. The Bertz CT molecular complexity index is 840. The van der Waals surface area contributed by atoms with Crippen molar-refractivity contribution in [1.82, 2.24) is 9.88 Å². The predicted octanol–water partition coefficient (Wildman–Crippen LogP) is 1.15. The molecule has 0 spiro atoms. The molecule has 1 aromatic carbocycles. The first-order valence-electron chi connectivity index (χ1n) is 8.45. The van der Waals surface area contributed by atoms with Gasteiger partial charge in [-0.25, -0.2) is 4.79 Å². The summed E-state index contributed by atoms with van der Waals surface area (Å²) in [6.07, 6.45) is 3.60. The molecule has 0 aliphatic carbocycles. The van der Waals surface area contributed by atoms with Gasteiger partial charge in [0.05, 0.1) is 13.1 Å². The minimum absolute atomic E-state index is 0.0919. The zero-order chi connectivity index (χ0) is 19.4. The number of nitrogens with one attached hydrogen (secondary N) is 1. The quantitative estimate of drug-likeness (QED) is 0.328. The fourth-order valence-corrected chi connectivity index (χ4v) is 2.90. The van der Waals surface area contributed by atoms with E-state index in [-0.39, 0.29) is 23.2 Å². The standard InChI is InChI=1S/C18H19BN3O5/c20-17(12-2-1-7-21-8-12)22-9-13(10-22)27-14-4-3-11(5-6-19-26)16(23)15(14)18(24)25/h1-4,7-8,13,20,23,26H,5-6,9-10H2,(H,24,25). The van der Waals surface area contributed by atoms with Gasteiger partial charge in [0.1, 0.15) is 29.0 Å². The van der Waals surface area contributed by atoms with Crippen LogP contribution in [0, 0.1) is 5.41 Å². The molecular weight excluding hydrogens is 349 g/mol. The Morgan fingerprint density at radius 3 is 2.78 bits per heavy atom. The second-order valence-electron chi connectivity index (χ2n) is 6.21. The third-order valence-electron chi connectivity index (χ3n) is 4.37. The average Bonchev–Trinajstić information content (AvgIpc) is 2.63. The maximum atomic E-state index is 11.6. The van der Waals surface area contributed by atoms with Gasteiger partial charge in [-0.1, -0.05) is 6.07 Å². The second kappa shape index (κ2) is 8.09. The molecule has 0 unspecified atom stereocenters. The molecule has 0 amide bonds. The fourth-order valence-electron chi connectivity index (χ4n) is 2.90. The molecule has 9 heteroatoms. The lowest BCUT2D eigenvalue weighted by Crippen LogP contribution is -2.56. The van der Waals surface area contributed by atoms with Crippen LogP contribution in [0.25, 0.3) is 0 Å². The zero-order valence-corrected chi connectivity index (χ0v) is 14.5. The molecule has 2 heterocycles. The number of pyridine rings is 1. The summed E-state index contributed by atoms with van der Waals surface area (Å²) in [4.78, 5) is 17.4. The predicted molar refractivity (Wildman–Crippen MR) is 98.6 cm³/mol. The molecule has 139 valence electrons. The van der Waals surface area contributed by atoms with Crippen molar-refractivity contribution in [1.29, 1.82) is 5.41 Å². The highest BCUT2D eigenvalue weighted by Gasteiger charge is 2.32. The molecule has 8 nitrogen and oxygen atoms in total. The van der Waals surface area contributed by atoms with Crippen LogP contribution in [0.3, 0.4) is 0 Å². The molecule has 27 heavy (non-hydrogen) atoms. The highest BCUT2D eigenvalue weighted by atomic mass is 16.5. The van der Waals surface area contributed by atoms with Gasteiger partial charge in [0.25, 0.3) is 7.48 Å². The van der Waals surface area contributed by atoms with Crippen LogP contribution in [0.2, 0.25) is 6.32 Å². The van der Waals surface area contributed by atoms with Gasteiger partial charge in [-0.3, -0.25) is 10.4 Å². The second-order valence-corrected chi connectivity index (χ2v) is 6.21. The molecule has 1 aromatic heterocycles. The van der Waals surface area contributed by atoms with Crippen LogP contribution < -0.4 is 4.74 Å². The van der Waals surface area contributed by atoms with Crippen molar-refractivity contribution >= 4 is 19.3 Å². The molecule has 1 radical (unpaired) electrons. The molecule has 1 saturated heterocycles. The fraction of sp³-hybridized carbons (Fsp3) is 0.278. The van der Waals surface area contributed by atoms with Gasteiger partial charge in [0.2, 0.25) is 0 Å². The van der Waals surface area contributed by atoms with Gasteiger partial charge in [0, 0.05) is 18.0 Å². The van der Waals surface area contributed by atoms with Crippen molar-refractivity contribution < 1.29 is 24.8 Å². The van der Waals surface area contributed by atoms with Crippen LogP contribution in [0.15, 0.2) is 36.7 Å². The number of aryl methyl sites for hydroxylation is 1. The average molecular weight is 368 g/mol. The topological polar surface area (TPSA) is 127 Å². The third-order valence-corrected chi connectivity index (χ3v) is 4.37. The lowest BCUT2D eigenvalue weighted by molar-refractivity contribution is 0.0596. The van der Waals surface area contributed by atoms with Crippen LogP contribution in [-0.2, 0) is 6.42 Å². The SMILES string of the molecule is N=C(c1cccnc1)N1CC(Oc2ccc(CC[B]O)c(O)c2C(=O)O)C1. The summed E-state index contributed by atoms with van der Waals surface area (Å²) >= 11 is 0. The molecule has 4 N–H and O–H groups in total. The summed E-state index contributed by atoms with van der Waals surface area (Å²) in [5.74, 6) is -1.20. The number of carboxylic acid groups (broad SMARTS) is 1. The number of amidine groups is 1. The molecule has 0 bridgehead atoms. The first-order valence-corrected chi connectivity index (χ1v) is 8.45. The number of aromatic hydroxyl groups is 1. The number of rotatable bonds is 7. The van der Waals surface area contributed by atoms with Gasteiger partial charge in [0.15, 0.2) is 0 Å². The number of carboxylic acids is 1. The lowest BCUT2D eigenvalue weighted by atomic mass is 9.90. The molecule has 0 saturated carbocycles. The third kappa shape index (κ3) is 4.03. The monoisotopic (exact) mass is 368 g/mol. The maximum Gasteiger partial charge on any atom is 0.343 e. The number of ether oxygens (including phenoxy) is 1. The first-order chi connectivity index (χ1) is 13.0. The van der Waals surface area contributed by atoms with E-state index in [0.717, 1.165) is 7.48 Å². The van der Waals surface area contributed by atoms with E-state index in [9.17, 15) is 15.0 Å². The van der Waals surface area contributed by atoms with Crippen molar-refractivity contribution in [3.05, 3.63) is 53.3 Å². The number of carbonyl (C=O) groups is 1. The highest BCUT2D eigenvalue weighted by molar-refractivity contribution is 6.25. The van der Waals surface area contributed by atoms with Crippen LogP contribution in [0.1, 0.15) is 21.5 Å². The number of phenols is 1. The normalized spacial score (nSPS) is 13.7. The number of hydrogen-bond donors (Lipinski definition) is 4. The Kier molecular flexibility index (Phi) is 5.61. The molecule has 1 fully saturated rings. The summed E-state index contributed by atoms with van der Waals surface area (Å²) in [5.41, 5.74) is 0.842. The molecule has 1 aliphatic heterocycles. The molecule has 0 atom stereocenters. The Balaban J connectivity index is 1.67. The van der Waals surface area contributed by atoms with Crippen LogP contribution in [-0.4, -0.2) is 63.6 Å². The highest BCUT2D eigenvalue weighted by Crippen LogP contribution is 2.33. The van der Waals surface area contributed by atoms with Crippen molar-refractivity contribution in [2.24, 2.45) is 0 Å². The van der Waals surface area contributed by atoms with Crippen molar-refractivity contribution in [3.63, 3.8) is 0 Å². The number of nitrogens with zero attached hydrogens (tertiary/aromatic N) is 2. The van der Waals surface area contributed by atoms with Crippen molar-refractivity contribution in [3.8, 4) is 11.5 Å². The van der Waals surface area contributed by atoms with Crippen molar-refractivity contribution in [2.75, 3.05) is 13.1 Å². The van der Waals surface area contributed by atoms with Gasteiger partial charge in [-0.2, -0.15) is 0 Å². The van der Waals surface area contributed by atoms with Crippen LogP contribution in [0.4, 0.5) is 0 Å². The van der Waals surface area contributed by atoms with E-state index >= 15 is 0 Å². The maximum absolute atomic E-state index is 11.6. The van der Waals surface area contributed by atoms with E-state index in [1.807, 2.05) is 0 Å². The van der Waals surface area contributed by atoms with E-state index in [0.29, 0.717) is 42.8 Å². The number of aromatic carboxylic acids is 1. The largest absolute Gasteiger partial charge is 0.507 e. The minimum Gasteiger partial charge on any atom is -0.507 e. The zero-order valence-electron chi connectivity index (χ0n) is 14.5. The smallest absolute Gasteiger partial charge is 0.343 e. The molecule has 1 aliphatic rings. The van der Waals surface area contributed by atoms with Crippen LogP contribution >= 0.6 is 0 Å². The number of likely N-dealkylation sites (tertiary alicyclic amines) is 1. The molecule has 3 rings (SSSR count). The van der Waals surface area contributed by atoms with E-state index in [1.165, 1.54) is 6.07 Å². The molecular formula is C18H19BN3O5. The number of benzene rings is 1. The summed E-state index contributed by atoms with van der Waals surface area (Å²) in [6.45, 7) is 0.879. The number of hydrogen-bond acceptors (Lipinski definition) is 6. The minimum atomic E-state index is -1.28. The Morgan fingerprint density at radius 1 is 1.37 bits per heavy atom. The van der Waals surface area contributed by atoms with E-state index in [4.69, 9.17) is 15.2 Å². The van der Waals surface area contributed by atoms with E-state index < -0.39 is 5.97 Å². The van der Waals surface area contributed by atoms with Gasteiger partial charge >= 0.3 is 5.97 Å². The van der Waals surface area contributed by atoms with Gasteiger partial charge < -0.3 is 24.9 Å². The van der Waals surface area contributed by atoms with Gasteiger partial charge in [-0.05, 0) is 36.5 Å². The molecule has 2 aromatic rings. The number of aromatic nitrogens is 1. The lowest BCUT2D eigenvalue weighted by Gasteiger charge is -2.40. The van der Waals surface area contributed by atoms with Crippen LogP contribution in [0.5, 0.6) is 11.5 Å². The Morgan fingerprint density at radius 2 is 2.15 bits per heavy atom. The summed E-state index contributed by atoms with van der Waals surface area (Å²) < 4.78 is 5.75. The summed E-state index contributed by atoms with van der Waals surface area (Å²) in [5, 5.41) is 36.6. The van der Waals surface area contributed by atoms with Crippen molar-refractivity contribution in [2.45, 2.75) is 18.8 Å². The van der Waals surface area contributed by atoms with E-state index in [1.54, 1.807) is 35.5 Å². The van der Waals surface area contributed by atoms with E-state index in [2.05, 4.69) is 4.98 Å².